The van der Waals surface area contributed by atoms with E-state index in [9.17, 15) is 9.59 Å². The first-order chi connectivity index (χ1) is 19.1. The predicted octanol–water partition coefficient (Wildman–Crippen LogP) is 5.28. The summed E-state index contributed by atoms with van der Waals surface area (Å²) in [7, 11) is 0. The molecule has 4 bridgehead atoms. The standard InChI is InChI=1S/C13H22O.2C10H9O2.C2H6O.Ti/c1-10-4-11(2)6-12(3,5-10)9-13(14,7-10)8-11;2*1-8(11)7-10(12)9-5-3-2-4-6-9;1-2-3;/h14H,4-9H2,1-3H3;2*2-7H,1H3;3H,2H2,1H3;/q;2*-1;;/p+6. The maximum Gasteiger partial charge on any atom is 0.247 e. The minimum Gasteiger partial charge on any atom is -0.446 e. The number of benzene rings is 2. The van der Waals surface area contributed by atoms with Crippen LogP contribution in [0.4, 0.5) is 0 Å². The summed E-state index contributed by atoms with van der Waals surface area (Å²) in [6.45, 7) is 12.6. The van der Waals surface area contributed by atoms with Crippen molar-refractivity contribution in [2.75, 3.05) is 6.61 Å². The molecule has 4 aliphatic carbocycles. The van der Waals surface area contributed by atoms with Crippen LogP contribution in [0.2, 0.25) is 0 Å². The molecule has 6 rings (SSSR count). The Bertz CT molecular complexity index is 1030. The summed E-state index contributed by atoms with van der Waals surface area (Å²) in [6.07, 6.45) is 10.3. The van der Waals surface area contributed by atoms with E-state index in [1.54, 1.807) is 31.2 Å². The maximum absolute atomic E-state index is 9.37. The van der Waals surface area contributed by atoms with Crippen LogP contribution in [0.25, 0.3) is 0 Å². The van der Waals surface area contributed by atoms with Crippen molar-refractivity contribution in [2.24, 2.45) is 16.2 Å². The van der Waals surface area contributed by atoms with Gasteiger partial charge in [-0.3, -0.25) is 9.59 Å². The van der Waals surface area contributed by atoms with Gasteiger partial charge < -0.3 is 19.8 Å². The van der Waals surface area contributed by atoms with E-state index in [0.29, 0.717) is 34.0 Å². The summed E-state index contributed by atoms with van der Waals surface area (Å²) in [5.74, 6) is 0.346. The fourth-order valence-corrected chi connectivity index (χ4v) is 8.07. The Hall–Kier alpha value is -2.51. The number of ketones is 4. The van der Waals surface area contributed by atoms with Crippen LogP contribution in [0.15, 0.2) is 60.7 Å². The van der Waals surface area contributed by atoms with E-state index in [1.165, 1.54) is 65.2 Å². The van der Waals surface area contributed by atoms with Crippen LogP contribution < -0.4 is 0 Å². The zero-order valence-electron chi connectivity index (χ0n) is 26.2. The van der Waals surface area contributed by atoms with Gasteiger partial charge in [0.05, 0.1) is 0 Å². The van der Waals surface area contributed by atoms with Gasteiger partial charge in [0.2, 0.25) is 23.1 Å². The van der Waals surface area contributed by atoms with Crippen LogP contribution in [0.3, 0.4) is 0 Å². The Labute approximate surface area is 266 Å². The molecular weight excluding hydrogens is 564 g/mol. The Morgan fingerprint density at radius 1 is 0.643 bits per heavy atom. The van der Waals surface area contributed by atoms with E-state index in [-0.39, 0.29) is 50.5 Å². The second kappa shape index (κ2) is 15.8. The van der Waals surface area contributed by atoms with Crippen LogP contribution in [0.1, 0.15) is 91.2 Å². The van der Waals surface area contributed by atoms with E-state index in [1.807, 2.05) is 36.4 Å². The molecule has 2 aromatic carbocycles. The second-order valence-corrected chi connectivity index (χ2v) is 13.2. The summed E-state index contributed by atoms with van der Waals surface area (Å²) < 4.78 is 0. The Morgan fingerprint density at radius 2 is 0.905 bits per heavy atom. The molecule has 4 saturated carbocycles. The molecule has 0 aromatic heterocycles. The minimum atomic E-state index is -0.0625. The van der Waals surface area contributed by atoms with Crippen molar-refractivity contribution in [1.82, 2.24) is 0 Å². The third-order valence-corrected chi connectivity index (χ3v) is 7.69. The van der Waals surface area contributed by atoms with Gasteiger partial charge in [0.15, 0.2) is 5.60 Å². The maximum atomic E-state index is 9.37. The van der Waals surface area contributed by atoms with Gasteiger partial charge in [-0.25, -0.2) is 0 Å². The fourth-order valence-electron chi connectivity index (χ4n) is 8.07. The van der Waals surface area contributed by atoms with Gasteiger partial charge in [-0.1, -0.05) is 68.3 Å². The second-order valence-electron chi connectivity index (χ2n) is 13.2. The normalized spacial score (nSPS) is 27.6. The molecule has 8 N–H and O–H groups in total. The molecule has 0 radical (unpaired) electrons. The zero-order chi connectivity index (χ0) is 30.9. The quantitative estimate of drug-likeness (QED) is 0.138. The van der Waals surface area contributed by atoms with Gasteiger partial charge >= 0.3 is 0 Å². The molecule has 0 saturated heterocycles. The molecule has 2 aromatic rings. The molecule has 42 heavy (non-hydrogen) atoms. The Kier molecular flexibility index (Phi) is 14.1. The van der Waals surface area contributed by atoms with Crippen molar-refractivity contribution >= 4 is 23.1 Å². The fraction of sp³-hybridized carbons (Fsp3) is 0.486. The van der Waals surface area contributed by atoms with Gasteiger partial charge in [0.1, 0.15) is 6.61 Å². The third kappa shape index (κ3) is 11.6. The van der Waals surface area contributed by atoms with E-state index in [4.69, 9.17) is 19.8 Å². The van der Waals surface area contributed by atoms with E-state index in [0.717, 1.165) is 0 Å². The summed E-state index contributed by atoms with van der Waals surface area (Å²) in [6, 6.07) is 18.1. The van der Waals surface area contributed by atoms with Crippen LogP contribution >= 0.6 is 0 Å². The summed E-state index contributed by atoms with van der Waals surface area (Å²) >= 11 is 0. The van der Waals surface area contributed by atoms with Crippen LogP contribution in [-0.4, -0.2) is 64.7 Å². The number of hydrogen-bond donors (Lipinski definition) is 0. The van der Waals surface area contributed by atoms with Crippen molar-refractivity contribution in [2.45, 2.75) is 85.7 Å². The van der Waals surface area contributed by atoms with Gasteiger partial charge in [-0.05, 0) is 48.3 Å². The molecule has 7 heteroatoms. The monoisotopic (exact) mass is 616 g/mol. The van der Waals surface area contributed by atoms with Crippen LogP contribution in [-0.2, 0) is 21.7 Å². The molecular formula is C35H52O6Ti+4. The third-order valence-electron chi connectivity index (χ3n) is 7.69. The molecule has 0 unspecified atom stereocenters. The summed E-state index contributed by atoms with van der Waals surface area (Å²) in [4.78, 5) is 36.5. The molecule has 0 spiro atoms. The average molecular weight is 617 g/mol. The summed E-state index contributed by atoms with van der Waals surface area (Å²) in [5, 5.41) is 14.8. The molecule has 4 aliphatic rings. The first kappa shape index (κ1) is 37.5. The van der Waals surface area contributed by atoms with Gasteiger partial charge in [-0.15, -0.1) is 24.3 Å². The molecule has 0 amide bonds. The predicted molar refractivity (Wildman–Crippen MR) is 171 cm³/mol. The van der Waals surface area contributed by atoms with Crippen molar-refractivity contribution < 1.29 is 51.1 Å². The van der Waals surface area contributed by atoms with E-state index < -0.39 is 0 Å². The van der Waals surface area contributed by atoms with Gasteiger partial charge in [0, 0.05) is 61.8 Å². The Morgan fingerprint density at radius 3 is 1.12 bits per heavy atom. The number of hydrogen-bond acceptors (Lipinski definition) is 0. The van der Waals surface area contributed by atoms with Crippen molar-refractivity contribution in [3.05, 3.63) is 84.6 Å². The number of carbonyl (C=O) groups excluding carboxylic acids is 4. The molecule has 4 fully saturated rings. The molecule has 0 heterocycles. The molecule has 0 aliphatic heterocycles. The minimum absolute atomic E-state index is 0. The molecule has 228 valence electrons. The first-order valence-corrected chi connectivity index (χ1v) is 14.4. The van der Waals surface area contributed by atoms with Crippen LogP contribution in [0.5, 0.6) is 0 Å². The van der Waals surface area contributed by atoms with Gasteiger partial charge in [0.25, 0.3) is 0 Å². The van der Waals surface area contributed by atoms with Crippen molar-refractivity contribution in [3.8, 4) is 0 Å². The van der Waals surface area contributed by atoms with Gasteiger partial charge in [-0.2, -0.15) is 0 Å². The average Bonchev–Trinajstić information content (AvgIpc) is 2.82. The SMILES string of the molecule is CC(=[OH+])[CH-]C(=[OH+])c1ccccc1.CC(=[OH+])[CH-]C(=[OH+])c1ccccc1.CC12CC3(C)CC(C)(C1)CC([OH2+])(C2)C3.CC[OH2+].[Ti]. The van der Waals surface area contributed by atoms with Crippen LogP contribution in [0, 0.1) is 29.1 Å². The number of rotatable bonds is 6. The topological polar surface area (TPSA) is 131 Å². The zero-order valence-corrected chi connectivity index (χ0v) is 27.7. The summed E-state index contributed by atoms with van der Waals surface area (Å²) in [5.41, 5.74) is 2.84. The molecule has 0 atom stereocenters. The Balaban J connectivity index is 0.000000299. The first-order valence-electron chi connectivity index (χ1n) is 14.4. The smallest absolute Gasteiger partial charge is 0.247 e. The van der Waals surface area contributed by atoms with E-state index >= 15 is 0 Å². The largest absolute Gasteiger partial charge is 0.446 e. The van der Waals surface area contributed by atoms with E-state index in [2.05, 4.69) is 20.8 Å². The van der Waals surface area contributed by atoms with Crippen molar-refractivity contribution in [3.63, 3.8) is 0 Å². The molecule has 6 nitrogen and oxygen atoms in total. The van der Waals surface area contributed by atoms with Crippen molar-refractivity contribution in [1.29, 1.82) is 0 Å².